The van der Waals surface area contributed by atoms with Crippen LogP contribution < -0.4 is 0 Å². The molecule has 0 fully saturated rings. The SMILES string of the molecule is CCCCCCCCCCCCCCCCCCOC(C)c1ccc(-c2ccc(-c3ccccc3C(=O)OC(CCC)CCCC)cc2)cc1. The van der Waals surface area contributed by atoms with Gasteiger partial charge < -0.3 is 9.47 Å². The van der Waals surface area contributed by atoms with Gasteiger partial charge in [0.1, 0.15) is 6.10 Å². The molecular formula is C47H70O3. The Morgan fingerprint density at radius 2 is 1.00 bits per heavy atom. The van der Waals surface area contributed by atoms with Gasteiger partial charge in [0.15, 0.2) is 0 Å². The van der Waals surface area contributed by atoms with Crippen molar-refractivity contribution in [2.24, 2.45) is 0 Å². The Balaban J connectivity index is 1.34. The van der Waals surface area contributed by atoms with Gasteiger partial charge in [-0.3, -0.25) is 0 Å². The third kappa shape index (κ3) is 16.0. The lowest BCUT2D eigenvalue weighted by molar-refractivity contribution is 0.0255. The highest BCUT2D eigenvalue weighted by molar-refractivity contribution is 5.97. The number of ether oxygens (including phenoxy) is 2. The number of hydrogen-bond donors (Lipinski definition) is 0. The van der Waals surface area contributed by atoms with Gasteiger partial charge in [0.25, 0.3) is 0 Å². The lowest BCUT2D eigenvalue weighted by atomic mass is 9.96. The molecule has 0 heterocycles. The van der Waals surface area contributed by atoms with E-state index in [-0.39, 0.29) is 18.2 Å². The lowest BCUT2D eigenvalue weighted by Crippen LogP contribution is -2.18. The van der Waals surface area contributed by atoms with Crippen LogP contribution in [0.15, 0.2) is 72.8 Å². The van der Waals surface area contributed by atoms with E-state index in [1.807, 2.05) is 24.3 Å². The number of rotatable bonds is 28. The average molecular weight is 683 g/mol. The molecule has 2 unspecified atom stereocenters. The quantitative estimate of drug-likeness (QED) is 0.0565. The summed E-state index contributed by atoms with van der Waals surface area (Å²) < 4.78 is 12.2. The predicted molar refractivity (Wildman–Crippen MR) is 215 cm³/mol. The second kappa shape index (κ2) is 26.0. The molecule has 0 amide bonds. The van der Waals surface area contributed by atoms with E-state index in [0.29, 0.717) is 5.56 Å². The van der Waals surface area contributed by atoms with E-state index in [9.17, 15) is 4.79 Å². The number of esters is 1. The fourth-order valence-corrected chi connectivity index (χ4v) is 6.94. The molecule has 0 saturated heterocycles. The van der Waals surface area contributed by atoms with Crippen molar-refractivity contribution < 1.29 is 14.3 Å². The summed E-state index contributed by atoms with van der Waals surface area (Å²) in [7, 11) is 0. The van der Waals surface area contributed by atoms with Crippen LogP contribution in [0.3, 0.4) is 0 Å². The van der Waals surface area contributed by atoms with Gasteiger partial charge in [-0.05, 0) is 60.1 Å². The van der Waals surface area contributed by atoms with Crippen LogP contribution in [0.2, 0.25) is 0 Å². The molecule has 2 atom stereocenters. The van der Waals surface area contributed by atoms with Gasteiger partial charge in [0.05, 0.1) is 11.7 Å². The monoisotopic (exact) mass is 683 g/mol. The first-order valence-electron chi connectivity index (χ1n) is 20.7. The second-order valence-corrected chi connectivity index (χ2v) is 14.5. The minimum Gasteiger partial charge on any atom is -0.459 e. The largest absolute Gasteiger partial charge is 0.459 e. The molecular weight excluding hydrogens is 613 g/mol. The van der Waals surface area contributed by atoms with Crippen molar-refractivity contribution in [3.8, 4) is 22.3 Å². The average Bonchev–Trinajstić information content (AvgIpc) is 3.15. The summed E-state index contributed by atoms with van der Waals surface area (Å²) in [4.78, 5) is 13.2. The molecule has 0 saturated carbocycles. The van der Waals surface area contributed by atoms with Crippen LogP contribution in [-0.4, -0.2) is 18.7 Å². The highest BCUT2D eigenvalue weighted by atomic mass is 16.5. The van der Waals surface area contributed by atoms with Crippen LogP contribution in [0.25, 0.3) is 22.3 Å². The highest BCUT2D eigenvalue weighted by Gasteiger charge is 2.19. The maximum Gasteiger partial charge on any atom is 0.339 e. The van der Waals surface area contributed by atoms with Crippen molar-refractivity contribution >= 4 is 5.97 Å². The zero-order valence-corrected chi connectivity index (χ0v) is 32.4. The van der Waals surface area contributed by atoms with Gasteiger partial charge in [0, 0.05) is 6.61 Å². The molecule has 3 aromatic rings. The van der Waals surface area contributed by atoms with Crippen LogP contribution >= 0.6 is 0 Å². The summed E-state index contributed by atoms with van der Waals surface area (Å²) >= 11 is 0. The summed E-state index contributed by atoms with van der Waals surface area (Å²) in [6.07, 6.45) is 27.3. The smallest absolute Gasteiger partial charge is 0.339 e. The summed E-state index contributed by atoms with van der Waals surface area (Å²) in [5.41, 5.74) is 6.13. The Kier molecular flexibility index (Phi) is 21.5. The van der Waals surface area contributed by atoms with E-state index in [4.69, 9.17) is 9.47 Å². The third-order valence-electron chi connectivity index (χ3n) is 10.2. The molecule has 0 radical (unpaired) electrons. The predicted octanol–water partition coefficient (Wildman–Crippen LogP) is 14.9. The fraction of sp³-hybridized carbons (Fsp3) is 0.596. The first-order valence-corrected chi connectivity index (χ1v) is 20.7. The fourth-order valence-electron chi connectivity index (χ4n) is 6.94. The molecule has 276 valence electrons. The van der Waals surface area contributed by atoms with E-state index in [1.54, 1.807) is 0 Å². The summed E-state index contributed by atoms with van der Waals surface area (Å²) in [6, 6.07) is 25.1. The lowest BCUT2D eigenvalue weighted by Gasteiger charge is -2.18. The van der Waals surface area contributed by atoms with Gasteiger partial charge in [-0.15, -0.1) is 0 Å². The first kappa shape index (κ1) is 41.5. The molecule has 0 bridgehead atoms. The molecule has 0 aliphatic heterocycles. The Labute approximate surface area is 307 Å². The number of carbonyl (C=O) groups is 1. The third-order valence-corrected chi connectivity index (χ3v) is 10.2. The molecule has 3 rings (SSSR count). The molecule has 50 heavy (non-hydrogen) atoms. The van der Waals surface area contributed by atoms with Gasteiger partial charge in [-0.2, -0.15) is 0 Å². The number of benzene rings is 3. The number of hydrogen-bond acceptors (Lipinski definition) is 3. The molecule has 0 aromatic heterocycles. The second-order valence-electron chi connectivity index (χ2n) is 14.5. The molecule has 0 aliphatic carbocycles. The Bertz CT molecular complexity index is 1280. The van der Waals surface area contributed by atoms with Gasteiger partial charge in [-0.1, -0.05) is 203 Å². The standard InChI is InChI=1S/C47H70O3/c1-5-8-10-11-12-13-14-15-16-17-18-19-20-21-22-25-38-49-39(4)40-30-32-41(33-31-40)42-34-36-43(37-35-42)45-28-23-24-29-46(45)47(48)50-44(26-7-3)27-9-6-2/h23-24,28-37,39,44H,5-22,25-27,38H2,1-4H3. The van der Waals surface area contributed by atoms with Gasteiger partial charge in [-0.25, -0.2) is 4.79 Å². The van der Waals surface area contributed by atoms with Crippen molar-refractivity contribution in [2.45, 2.75) is 175 Å². The highest BCUT2D eigenvalue weighted by Crippen LogP contribution is 2.29. The van der Waals surface area contributed by atoms with E-state index >= 15 is 0 Å². The minimum absolute atomic E-state index is 0.0160. The zero-order valence-electron chi connectivity index (χ0n) is 32.4. The topological polar surface area (TPSA) is 35.5 Å². The van der Waals surface area contributed by atoms with Crippen molar-refractivity contribution in [2.75, 3.05) is 6.61 Å². The minimum atomic E-state index is -0.221. The van der Waals surface area contributed by atoms with Crippen LogP contribution in [0.4, 0.5) is 0 Å². The molecule has 0 aliphatic rings. The molecule has 3 aromatic carbocycles. The summed E-state index contributed by atoms with van der Waals surface area (Å²) in [5.74, 6) is -0.221. The summed E-state index contributed by atoms with van der Waals surface area (Å²) in [5, 5.41) is 0. The van der Waals surface area contributed by atoms with E-state index in [0.717, 1.165) is 61.8 Å². The molecule has 3 heteroatoms. The first-order chi connectivity index (χ1) is 24.6. The van der Waals surface area contributed by atoms with Crippen LogP contribution in [-0.2, 0) is 9.47 Å². The van der Waals surface area contributed by atoms with E-state index in [1.165, 1.54) is 107 Å². The van der Waals surface area contributed by atoms with Crippen molar-refractivity contribution in [1.29, 1.82) is 0 Å². The maximum absolute atomic E-state index is 13.2. The Morgan fingerprint density at radius 3 is 1.54 bits per heavy atom. The van der Waals surface area contributed by atoms with Crippen LogP contribution in [0, 0.1) is 0 Å². The van der Waals surface area contributed by atoms with Crippen molar-refractivity contribution in [3.05, 3.63) is 83.9 Å². The van der Waals surface area contributed by atoms with E-state index < -0.39 is 0 Å². The van der Waals surface area contributed by atoms with Crippen molar-refractivity contribution in [1.82, 2.24) is 0 Å². The van der Waals surface area contributed by atoms with E-state index in [2.05, 4.69) is 76.2 Å². The Morgan fingerprint density at radius 1 is 0.520 bits per heavy atom. The normalized spacial score (nSPS) is 12.6. The summed E-state index contributed by atoms with van der Waals surface area (Å²) in [6.45, 7) is 9.60. The van der Waals surface area contributed by atoms with Crippen molar-refractivity contribution in [3.63, 3.8) is 0 Å². The zero-order chi connectivity index (χ0) is 35.7. The molecule has 0 spiro atoms. The van der Waals surface area contributed by atoms with Crippen LogP contribution in [0.1, 0.15) is 185 Å². The van der Waals surface area contributed by atoms with Gasteiger partial charge in [0.2, 0.25) is 0 Å². The van der Waals surface area contributed by atoms with Crippen LogP contribution in [0.5, 0.6) is 0 Å². The number of unbranched alkanes of at least 4 members (excludes halogenated alkanes) is 16. The molecule has 3 nitrogen and oxygen atoms in total. The molecule has 0 N–H and O–H groups in total. The Hall–Kier alpha value is -2.91. The van der Waals surface area contributed by atoms with Gasteiger partial charge >= 0.3 is 5.97 Å². The maximum atomic E-state index is 13.2. The number of carbonyl (C=O) groups excluding carboxylic acids is 1.